The number of nitrogens with zero attached hydrogens (tertiary/aromatic N) is 2. The third kappa shape index (κ3) is 3.40. The average molecular weight is 402 g/mol. The molecule has 0 spiro atoms. The Morgan fingerprint density at radius 2 is 1.81 bits per heavy atom. The minimum Gasteiger partial charge on any atom is -0.391 e. The first-order valence-electron chi connectivity index (χ1n) is 8.49. The van der Waals surface area contributed by atoms with Crippen LogP contribution in [0.4, 0.5) is 0 Å². The quantitative estimate of drug-likeness (QED) is 0.674. The summed E-state index contributed by atoms with van der Waals surface area (Å²) in [5.41, 5.74) is 1.93. The molecule has 4 rings (SSSR count). The van der Waals surface area contributed by atoms with Crippen LogP contribution in [0, 0.1) is 6.92 Å². The summed E-state index contributed by atoms with van der Waals surface area (Å²) in [6.45, 7) is 1.90. The Balaban J connectivity index is 1.92. The van der Waals surface area contributed by atoms with E-state index in [-0.39, 0.29) is 17.1 Å². The number of aliphatic hydroxyl groups excluding tert-OH is 1. The monoisotopic (exact) mass is 402 g/mol. The van der Waals surface area contributed by atoms with Gasteiger partial charge in [-0.2, -0.15) is 0 Å². The minimum absolute atomic E-state index is 0.130. The predicted molar refractivity (Wildman–Crippen MR) is 106 cm³/mol. The van der Waals surface area contributed by atoms with Gasteiger partial charge in [0, 0.05) is 0 Å². The molecular formula is C19H18N2O4S2. The molecule has 1 aliphatic rings. The molecule has 140 valence electrons. The molecule has 8 heteroatoms. The van der Waals surface area contributed by atoms with Crippen molar-refractivity contribution in [3.63, 3.8) is 0 Å². The summed E-state index contributed by atoms with van der Waals surface area (Å²) in [5.74, 6) is -0.387. The van der Waals surface area contributed by atoms with Crippen molar-refractivity contribution in [3.05, 3.63) is 64.4 Å². The molecule has 1 fully saturated rings. The molecule has 27 heavy (non-hydrogen) atoms. The maximum absolute atomic E-state index is 13.2. The lowest BCUT2D eigenvalue weighted by Gasteiger charge is -2.18. The number of benzene rings is 2. The third-order valence-corrected chi connectivity index (χ3v) is 7.83. The van der Waals surface area contributed by atoms with E-state index in [1.54, 1.807) is 24.3 Å². The van der Waals surface area contributed by atoms with E-state index in [0.29, 0.717) is 21.7 Å². The Hall–Kier alpha value is -2.16. The molecule has 1 aromatic heterocycles. The molecule has 1 aliphatic heterocycles. The highest BCUT2D eigenvalue weighted by Gasteiger charge is 2.38. The molecule has 3 aromatic rings. The van der Waals surface area contributed by atoms with E-state index in [4.69, 9.17) is 0 Å². The fourth-order valence-corrected chi connectivity index (χ4v) is 6.85. The van der Waals surface area contributed by atoms with Crippen LogP contribution in [0.5, 0.6) is 0 Å². The van der Waals surface area contributed by atoms with E-state index in [0.717, 1.165) is 17.3 Å². The SMILES string of the molecule is Cc1ccccc1-n1c(S[C@@H]2CS(=O)(=O)C[C@H]2O)nc2ccccc2c1=O. The van der Waals surface area contributed by atoms with Gasteiger partial charge in [-0.25, -0.2) is 13.4 Å². The highest BCUT2D eigenvalue weighted by atomic mass is 32.2. The minimum atomic E-state index is -3.29. The van der Waals surface area contributed by atoms with Gasteiger partial charge in [-0.15, -0.1) is 0 Å². The van der Waals surface area contributed by atoms with E-state index in [1.165, 1.54) is 4.57 Å². The van der Waals surface area contributed by atoms with Crippen LogP contribution in [-0.2, 0) is 9.84 Å². The Bertz CT molecular complexity index is 1190. The third-order valence-electron chi connectivity index (χ3n) is 4.63. The molecule has 1 saturated heterocycles. The lowest BCUT2D eigenvalue weighted by atomic mass is 10.2. The Morgan fingerprint density at radius 1 is 1.11 bits per heavy atom. The zero-order valence-corrected chi connectivity index (χ0v) is 16.2. The van der Waals surface area contributed by atoms with Gasteiger partial charge < -0.3 is 5.11 Å². The van der Waals surface area contributed by atoms with Crippen LogP contribution in [-0.4, -0.2) is 45.9 Å². The summed E-state index contributed by atoms with van der Waals surface area (Å²) in [5, 5.41) is 10.5. The van der Waals surface area contributed by atoms with Crippen molar-refractivity contribution < 1.29 is 13.5 Å². The van der Waals surface area contributed by atoms with Gasteiger partial charge in [0.25, 0.3) is 5.56 Å². The van der Waals surface area contributed by atoms with Crippen molar-refractivity contribution in [2.75, 3.05) is 11.5 Å². The first-order chi connectivity index (χ1) is 12.9. The fourth-order valence-electron chi connectivity index (χ4n) is 3.26. The van der Waals surface area contributed by atoms with Crippen molar-refractivity contribution in [1.82, 2.24) is 9.55 Å². The van der Waals surface area contributed by atoms with Gasteiger partial charge in [0.2, 0.25) is 0 Å². The summed E-state index contributed by atoms with van der Waals surface area (Å²) in [7, 11) is -3.29. The molecule has 0 unspecified atom stereocenters. The molecule has 0 radical (unpaired) electrons. The maximum atomic E-state index is 13.2. The van der Waals surface area contributed by atoms with Crippen LogP contribution < -0.4 is 5.56 Å². The Kier molecular flexibility index (Phi) is 4.57. The van der Waals surface area contributed by atoms with E-state index in [9.17, 15) is 18.3 Å². The first kappa shape index (κ1) is 18.2. The molecule has 0 bridgehead atoms. The number of hydrogen-bond donors (Lipinski definition) is 1. The highest BCUT2D eigenvalue weighted by Crippen LogP contribution is 2.32. The number of sulfone groups is 1. The number of rotatable bonds is 3. The molecule has 2 heterocycles. The van der Waals surface area contributed by atoms with Gasteiger partial charge in [-0.3, -0.25) is 9.36 Å². The fraction of sp³-hybridized carbons (Fsp3) is 0.263. The summed E-state index contributed by atoms with van der Waals surface area (Å²) >= 11 is 1.14. The van der Waals surface area contributed by atoms with Crippen molar-refractivity contribution in [3.8, 4) is 5.69 Å². The van der Waals surface area contributed by atoms with Crippen LogP contribution in [0.2, 0.25) is 0 Å². The summed E-state index contributed by atoms with van der Waals surface area (Å²) in [6, 6.07) is 14.5. The zero-order valence-electron chi connectivity index (χ0n) is 14.6. The van der Waals surface area contributed by atoms with E-state index < -0.39 is 21.2 Å². The number of aliphatic hydroxyl groups is 1. The van der Waals surface area contributed by atoms with Crippen molar-refractivity contribution >= 4 is 32.5 Å². The van der Waals surface area contributed by atoms with Crippen molar-refractivity contribution in [2.45, 2.75) is 23.4 Å². The van der Waals surface area contributed by atoms with E-state index in [2.05, 4.69) is 4.98 Å². The summed E-state index contributed by atoms with van der Waals surface area (Å²) < 4.78 is 25.2. The lowest BCUT2D eigenvalue weighted by molar-refractivity contribution is 0.207. The van der Waals surface area contributed by atoms with Gasteiger partial charge in [-0.1, -0.05) is 42.1 Å². The summed E-state index contributed by atoms with van der Waals surface area (Å²) in [4.78, 5) is 17.8. The highest BCUT2D eigenvalue weighted by molar-refractivity contribution is 8.01. The van der Waals surface area contributed by atoms with Gasteiger partial charge in [-0.05, 0) is 30.7 Å². The van der Waals surface area contributed by atoms with Crippen LogP contribution in [0.3, 0.4) is 0 Å². The molecule has 0 saturated carbocycles. The van der Waals surface area contributed by atoms with Gasteiger partial charge in [0.1, 0.15) is 0 Å². The second kappa shape index (κ2) is 6.78. The second-order valence-corrected chi connectivity index (χ2v) is 10.00. The van der Waals surface area contributed by atoms with Crippen LogP contribution >= 0.6 is 11.8 Å². The molecule has 0 aliphatic carbocycles. The van der Waals surface area contributed by atoms with Gasteiger partial charge in [0.05, 0.1) is 39.4 Å². The van der Waals surface area contributed by atoms with Crippen LogP contribution in [0.15, 0.2) is 58.5 Å². The summed E-state index contributed by atoms with van der Waals surface area (Å²) in [6.07, 6.45) is -0.978. The number of fused-ring (bicyclic) bond motifs is 1. The van der Waals surface area contributed by atoms with Crippen LogP contribution in [0.25, 0.3) is 16.6 Å². The van der Waals surface area contributed by atoms with Crippen molar-refractivity contribution in [1.29, 1.82) is 0 Å². The standard InChI is InChI=1S/C19H18N2O4S2/c1-12-6-2-5-9-15(12)21-18(23)13-7-3-4-8-14(13)20-19(21)26-17-11-27(24,25)10-16(17)22/h2-9,16-17,22H,10-11H2,1H3/t16-,17-/m1/s1. The molecule has 1 N–H and O–H groups in total. The smallest absolute Gasteiger partial charge is 0.266 e. The lowest BCUT2D eigenvalue weighted by Crippen LogP contribution is -2.26. The number of hydrogen-bond acceptors (Lipinski definition) is 6. The number of aryl methyl sites for hydroxylation is 1. The molecule has 2 atom stereocenters. The number of para-hydroxylation sites is 2. The molecule has 0 amide bonds. The average Bonchev–Trinajstić information content (AvgIpc) is 2.88. The van der Waals surface area contributed by atoms with Gasteiger partial charge >= 0.3 is 0 Å². The molecular weight excluding hydrogens is 384 g/mol. The van der Waals surface area contributed by atoms with E-state index >= 15 is 0 Å². The largest absolute Gasteiger partial charge is 0.391 e. The molecule has 6 nitrogen and oxygen atoms in total. The van der Waals surface area contributed by atoms with Crippen molar-refractivity contribution in [2.24, 2.45) is 0 Å². The topological polar surface area (TPSA) is 89.3 Å². The van der Waals surface area contributed by atoms with E-state index in [1.807, 2.05) is 31.2 Å². The second-order valence-electron chi connectivity index (χ2n) is 6.64. The normalized spacial score (nSPS) is 21.6. The Labute approximate surface area is 160 Å². The Morgan fingerprint density at radius 3 is 2.52 bits per heavy atom. The zero-order chi connectivity index (χ0) is 19.2. The predicted octanol–water partition coefficient (Wildman–Crippen LogP) is 1.94. The number of aromatic nitrogens is 2. The van der Waals surface area contributed by atoms with Gasteiger partial charge in [0.15, 0.2) is 15.0 Å². The molecule has 2 aromatic carbocycles. The number of thioether (sulfide) groups is 1. The first-order valence-corrected chi connectivity index (χ1v) is 11.2. The van der Waals surface area contributed by atoms with Crippen LogP contribution in [0.1, 0.15) is 5.56 Å². The maximum Gasteiger partial charge on any atom is 0.266 e.